The van der Waals surface area contributed by atoms with Gasteiger partial charge in [0.1, 0.15) is 40.9 Å². The number of hydrogen-bond acceptors (Lipinski definition) is 8. The number of carbonyl (C=O) groups is 1. The van der Waals surface area contributed by atoms with Crippen LogP contribution in [0.25, 0.3) is 28.0 Å². The molecule has 3 aromatic carbocycles. The topological polar surface area (TPSA) is 101 Å². The van der Waals surface area contributed by atoms with Crippen molar-refractivity contribution >= 4 is 23.2 Å². The van der Waals surface area contributed by atoms with E-state index in [1.165, 1.54) is 17.7 Å². The number of halogens is 2. The van der Waals surface area contributed by atoms with Gasteiger partial charge in [0, 0.05) is 56.9 Å². The summed E-state index contributed by atoms with van der Waals surface area (Å²) in [5.41, 5.74) is 4.12. The summed E-state index contributed by atoms with van der Waals surface area (Å²) in [5.74, 6) is 0.649. The van der Waals surface area contributed by atoms with Gasteiger partial charge < -0.3 is 19.9 Å². The number of rotatable bonds is 3. The fourth-order valence-electron chi connectivity index (χ4n) is 6.94. The lowest BCUT2D eigenvalue weighted by Gasteiger charge is -2.26. The number of fused-ring (bicyclic) bond motifs is 7. The van der Waals surface area contributed by atoms with Gasteiger partial charge in [-0.15, -0.1) is 0 Å². The van der Waals surface area contributed by atoms with Crippen LogP contribution < -0.4 is 19.9 Å². The number of imidazole rings is 1. The minimum Gasteiger partial charge on any atom is -0.488 e. The highest BCUT2D eigenvalue weighted by Gasteiger charge is 2.40. The Hall–Kier alpha value is -5.91. The van der Waals surface area contributed by atoms with Gasteiger partial charge in [0.25, 0.3) is 0 Å². The zero-order valence-electron chi connectivity index (χ0n) is 27.1. The van der Waals surface area contributed by atoms with Crippen molar-refractivity contribution in [2.45, 2.75) is 31.4 Å². The molecule has 0 radical (unpaired) electrons. The first kappa shape index (κ1) is 31.4. The molecule has 5 heterocycles. The Labute approximate surface area is 287 Å². The molecule has 0 unspecified atom stereocenters. The quantitative estimate of drug-likeness (QED) is 0.255. The van der Waals surface area contributed by atoms with E-state index < -0.39 is 17.7 Å². The van der Waals surface area contributed by atoms with Crippen LogP contribution in [0, 0.1) is 11.6 Å². The van der Waals surface area contributed by atoms with Crippen LogP contribution in [-0.4, -0.2) is 68.6 Å². The molecule has 0 saturated carbocycles. The lowest BCUT2D eigenvalue weighted by atomic mass is 9.97. The highest BCUT2D eigenvalue weighted by atomic mass is 19.1. The SMILES string of the molecule is O=C1NCCCN(c2ncccn2)CCc2ccccc2-c2cccc(c2)O[C@H]2C[C@@H]1N(c1nccn3c(-c4ccc(F)cc4F)ncc13)C2. The standard InChI is InChI=1S/C38H34F2N8O2/c39-27-10-11-31(32(40)21-27)35-45-23-34-36(41-16-19-47(34)35)48-24-29-22-33(48)37(49)42-15-5-17-46(38-43-13-4-14-44-38)18-12-25-6-1-2-9-30(25)26-7-3-8-28(20-26)50-29/h1-4,6-11,13-14,16,19-21,23,29,33H,5,12,15,17-18,22,24H2,(H,42,49)/t29-,33-/m0/s1. The Kier molecular flexibility index (Phi) is 8.49. The first-order valence-electron chi connectivity index (χ1n) is 16.7. The van der Waals surface area contributed by atoms with Crippen LogP contribution in [0.2, 0.25) is 0 Å². The molecule has 6 aromatic rings. The van der Waals surface area contributed by atoms with E-state index in [4.69, 9.17) is 4.74 Å². The van der Waals surface area contributed by atoms with E-state index in [9.17, 15) is 13.6 Å². The minimum atomic E-state index is -0.718. The molecule has 1 fully saturated rings. The summed E-state index contributed by atoms with van der Waals surface area (Å²) >= 11 is 0. The van der Waals surface area contributed by atoms with Gasteiger partial charge in [-0.3, -0.25) is 9.20 Å². The summed E-state index contributed by atoms with van der Waals surface area (Å²) in [7, 11) is 0. The summed E-state index contributed by atoms with van der Waals surface area (Å²) in [5, 5.41) is 3.15. The summed E-state index contributed by atoms with van der Waals surface area (Å²) in [4.78, 5) is 36.2. The van der Waals surface area contributed by atoms with Crippen molar-refractivity contribution in [2.75, 3.05) is 36.0 Å². The average Bonchev–Trinajstić information content (AvgIpc) is 3.76. The first-order valence-corrected chi connectivity index (χ1v) is 16.7. The molecular formula is C38H34F2N8O2. The fourth-order valence-corrected chi connectivity index (χ4v) is 6.94. The van der Waals surface area contributed by atoms with Crippen molar-refractivity contribution in [1.29, 1.82) is 0 Å². The molecular weight excluding hydrogens is 638 g/mol. The van der Waals surface area contributed by atoms with Crippen molar-refractivity contribution in [3.8, 4) is 28.3 Å². The fraction of sp³-hybridized carbons (Fsp3) is 0.237. The molecule has 12 heteroatoms. The number of amides is 1. The second-order valence-electron chi connectivity index (χ2n) is 12.5. The zero-order valence-corrected chi connectivity index (χ0v) is 27.1. The Morgan fingerprint density at radius 3 is 2.62 bits per heavy atom. The van der Waals surface area contributed by atoms with E-state index in [0.29, 0.717) is 67.9 Å². The molecule has 2 aliphatic heterocycles. The monoisotopic (exact) mass is 672 g/mol. The van der Waals surface area contributed by atoms with Crippen molar-refractivity contribution in [2.24, 2.45) is 0 Å². The van der Waals surface area contributed by atoms with Gasteiger partial charge in [0.2, 0.25) is 11.9 Å². The summed E-state index contributed by atoms with van der Waals surface area (Å²) in [6.45, 7) is 2.19. The maximum absolute atomic E-state index is 14.8. The molecule has 1 N–H and O–H groups in total. The van der Waals surface area contributed by atoms with Gasteiger partial charge in [0.15, 0.2) is 5.82 Å². The highest BCUT2D eigenvalue weighted by Crippen LogP contribution is 2.34. The third kappa shape index (κ3) is 6.20. The van der Waals surface area contributed by atoms with E-state index in [-0.39, 0.29) is 17.6 Å². The van der Waals surface area contributed by atoms with Crippen molar-refractivity contribution in [3.05, 3.63) is 121 Å². The molecule has 1 amide bonds. The molecule has 0 spiro atoms. The predicted octanol–water partition coefficient (Wildman–Crippen LogP) is 5.73. The van der Waals surface area contributed by atoms with Gasteiger partial charge >= 0.3 is 0 Å². The summed E-state index contributed by atoms with van der Waals surface area (Å²) < 4.78 is 36.8. The number of aromatic nitrogens is 5. The molecule has 50 heavy (non-hydrogen) atoms. The van der Waals surface area contributed by atoms with Gasteiger partial charge in [0.05, 0.1) is 18.3 Å². The van der Waals surface area contributed by atoms with Crippen LogP contribution in [0.5, 0.6) is 5.75 Å². The van der Waals surface area contributed by atoms with Crippen LogP contribution in [0.1, 0.15) is 18.4 Å². The highest BCUT2D eigenvalue weighted by molar-refractivity contribution is 5.88. The second-order valence-corrected chi connectivity index (χ2v) is 12.5. The Bertz CT molecular complexity index is 2160. The Balaban J connectivity index is 1.15. The number of ether oxygens (including phenoxy) is 1. The number of anilines is 2. The third-order valence-electron chi connectivity index (χ3n) is 9.30. The first-order chi connectivity index (χ1) is 24.5. The Morgan fingerprint density at radius 1 is 0.860 bits per heavy atom. The summed E-state index contributed by atoms with van der Waals surface area (Å²) in [6, 6.07) is 21.1. The Morgan fingerprint density at radius 2 is 1.74 bits per heavy atom. The maximum Gasteiger partial charge on any atom is 0.242 e. The number of carbonyl (C=O) groups excluding carboxylic acids is 1. The lowest BCUT2D eigenvalue weighted by molar-refractivity contribution is -0.122. The van der Waals surface area contributed by atoms with E-state index >= 15 is 0 Å². The predicted molar refractivity (Wildman–Crippen MR) is 186 cm³/mol. The van der Waals surface area contributed by atoms with Gasteiger partial charge in [-0.2, -0.15) is 0 Å². The molecule has 4 bridgehead atoms. The van der Waals surface area contributed by atoms with E-state index in [1.54, 1.807) is 41.5 Å². The summed E-state index contributed by atoms with van der Waals surface area (Å²) in [6.07, 6.45) is 9.93. The van der Waals surface area contributed by atoms with Crippen LogP contribution in [0.15, 0.2) is 104 Å². The van der Waals surface area contributed by atoms with Crippen LogP contribution >= 0.6 is 0 Å². The molecule has 8 rings (SSSR count). The van der Waals surface area contributed by atoms with Crippen molar-refractivity contribution in [1.82, 2.24) is 29.7 Å². The third-order valence-corrected chi connectivity index (χ3v) is 9.30. The number of hydrogen-bond donors (Lipinski definition) is 1. The largest absolute Gasteiger partial charge is 0.488 e. The molecule has 1 saturated heterocycles. The smallest absolute Gasteiger partial charge is 0.242 e. The number of benzene rings is 3. The van der Waals surface area contributed by atoms with Crippen molar-refractivity contribution < 1.29 is 18.3 Å². The normalized spacial score (nSPS) is 18.3. The minimum absolute atomic E-state index is 0.141. The molecule has 10 nitrogen and oxygen atoms in total. The van der Waals surface area contributed by atoms with Crippen LogP contribution in [-0.2, 0) is 11.2 Å². The van der Waals surface area contributed by atoms with Crippen molar-refractivity contribution in [3.63, 3.8) is 0 Å². The molecule has 0 aliphatic carbocycles. The van der Waals surface area contributed by atoms with Gasteiger partial charge in [-0.25, -0.2) is 28.7 Å². The van der Waals surface area contributed by atoms with Crippen LogP contribution in [0.3, 0.4) is 0 Å². The molecule has 2 atom stereocenters. The molecule has 3 aromatic heterocycles. The molecule has 252 valence electrons. The van der Waals surface area contributed by atoms with E-state index in [1.807, 2.05) is 29.2 Å². The zero-order chi connectivity index (χ0) is 34.0. The van der Waals surface area contributed by atoms with E-state index in [2.05, 4.69) is 54.4 Å². The van der Waals surface area contributed by atoms with E-state index in [0.717, 1.165) is 23.6 Å². The lowest BCUT2D eigenvalue weighted by Crippen LogP contribution is -2.44. The number of nitrogens with one attached hydrogen (secondary N) is 1. The van der Waals surface area contributed by atoms with Gasteiger partial charge in [-0.1, -0.05) is 36.4 Å². The average molecular weight is 673 g/mol. The van der Waals surface area contributed by atoms with Gasteiger partial charge in [-0.05, 0) is 59.9 Å². The number of nitrogens with zero attached hydrogens (tertiary/aromatic N) is 7. The van der Waals surface area contributed by atoms with Crippen LogP contribution in [0.4, 0.5) is 20.5 Å². The molecule has 2 aliphatic rings. The second kappa shape index (κ2) is 13.5. The maximum atomic E-state index is 14.8.